The lowest BCUT2D eigenvalue weighted by Crippen LogP contribution is -2.04. The SMILES string of the molecule is CC1=C(C)Cc2ccccc2C1.CCn1cnc2ncnc(C)c21. The second-order valence-corrected chi connectivity index (χ2v) is 6.34. The van der Waals surface area contributed by atoms with Gasteiger partial charge < -0.3 is 4.57 Å². The summed E-state index contributed by atoms with van der Waals surface area (Å²) in [5.41, 5.74) is 8.94. The Balaban J connectivity index is 0.000000141. The number of aryl methyl sites for hydroxylation is 2. The zero-order valence-electron chi connectivity index (χ0n) is 14.9. The molecule has 4 rings (SSSR count). The maximum absolute atomic E-state index is 4.16. The topological polar surface area (TPSA) is 43.6 Å². The minimum atomic E-state index is 0.782. The predicted octanol–water partition coefficient (Wildman–Crippen LogP) is 4.28. The highest BCUT2D eigenvalue weighted by atomic mass is 15.1. The first-order valence-electron chi connectivity index (χ1n) is 8.44. The molecule has 3 aromatic rings. The fourth-order valence-electron chi connectivity index (χ4n) is 3.08. The minimum Gasteiger partial charge on any atom is -0.328 e. The van der Waals surface area contributed by atoms with Crippen LogP contribution in [-0.2, 0) is 19.4 Å². The third-order valence-corrected chi connectivity index (χ3v) is 4.69. The molecule has 0 spiro atoms. The van der Waals surface area contributed by atoms with Crippen LogP contribution in [0.5, 0.6) is 0 Å². The normalized spacial score (nSPS) is 13.5. The summed E-state index contributed by atoms with van der Waals surface area (Å²) >= 11 is 0. The molecule has 0 saturated heterocycles. The molecule has 0 saturated carbocycles. The van der Waals surface area contributed by atoms with Gasteiger partial charge in [-0.2, -0.15) is 0 Å². The van der Waals surface area contributed by atoms with Crippen LogP contribution in [0.25, 0.3) is 11.2 Å². The zero-order chi connectivity index (χ0) is 17.1. The Morgan fingerprint density at radius 2 is 1.54 bits per heavy atom. The molecule has 0 fully saturated rings. The third-order valence-electron chi connectivity index (χ3n) is 4.69. The van der Waals surface area contributed by atoms with Gasteiger partial charge in [0, 0.05) is 6.54 Å². The number of rotatable bonds is 1. The summed E-state index contributed by atoms with van der Waals surface area (Å²) in [5.74, 6) is 0. The zero-order valence-corrected chi connectivity index (χ0v) is 14.9. The maximum atomic E-state index is 4.16. The summed E-state index contributed by atoms with van der Waals surface area (Å²) in [5, 5.41) is 0. The monoisotopic (exact) mass is 320 g/mol. The first-order valence-corrected chi connectivity index (χ1v) is 8.44. The van der Waals surface area contributed by atoms with Gasteiger partial charge in [-0.25, -0.2) is 15.0 Å². The van der Waals surface area contributed by atoms with Crippen LogP contribution in [0.3, 0.4) is 0 Å². The van der Waals surface area contributed by atoms with Crippen LogP contribution in [0.4, 0.5) is 0 Å². The molecule has 0 N–H and O–H groups in total. The van der Waals surface area contributed by atoms with Crippen molar-refractivity contribution >= 4 is 11.2 Å². The van der Waals surface area contributed by atoms with Gasteiger partial charge in [-0.3, -0.25) is 0 Å². The van der Waals surface area contributed by atoms with Gasteiger partial charge in [-0.1, -0.05) is 35.4 Å². The lowest BCUT2D eigenvalue weighted by Gasteiger charge is -2.18. The maximum Gasteiger partial charge on any atom is 0.180 e. The fraction of sp³-hybridized carbons (Fsp3) is 0.350. The summed E-state index contributed by atoms with van der Waals surface area (Å²) < 4.78 is 2.05. The molecule has 124 valence electrons. The van der Waals surface area contributed by atoms with Crippen molar-refractivity contribution in [3.63, 3.8) is 0 Å². The highest BCUT2D eigenvalue weighted by Crippen LogP contribution is 2.24. The van der Waals surface area contributed by atoms with E-state index in [1.165, 1.54) is 11.1 Å². The van der Waals surface area contributed by atoms with E-state index in [-0.39, 0.29) is 0 Å². The molecule has 4 heteroatoms. The first kappa shape index (κ1) is 16.4. The van der Waals surface area contributed by atoms with E-state index in [9.17, 15) is 0 Å². The van der Waals surface area contributed by atoms with Crippen LogP contribution >= 0.6 is 0 Å². The number of allylic oxidation sites excluding steroid dienone is 2. The largest absolute Gasteiger partial charge is 0.328 e. The summed E-state index contributed by atoms with van der Waals surface area (Å²) in [6, 6.07) is 8.75. The van der Waals surface area contributed by atoms with E-state index < -0.39 is 0 Å². The Morgan fingerprint density at radius 3 is 2.12 bits per heavy atom. The highest BCUT2D eigenvalue weighted by Gasteiger charge is 2.10. The molecule has 2 aromatic heterocycles. The Morgan fingerprint density at radius 1 is 0.917 bits per heavy atom. The molecule has 0 radical (unpaired) electrons. The highest BCUT2D eigenvalue weighted by molar-refractivity contribution is 5.72. The molecular weight excluding hydrogens is 296 g/mol. The lowest BCUT2D eigenvalue weighted by molar-refractivity contribution is 0.782. The number of imidazole rings is 1. The van der Waals surface area contributed by atoms with E-state index >= 15 is 0 Å². The quantitative estimate of drug-likeness (QED) is 0.629. The van der Waals surface area contributed by atoms with Crippen LogP contribution in [0, 0.1) is 6.92 Å². The van der Waals surface area contributed by atoms with E-state index in [0.29, 0.717) is 0 Å². The number of benzene rings is 1. The molecule has 0 amide bonds. The van der Waals surface area contributed by atoms with Crippen LogP contribution in [0.2, 0.25) is 0 Å². The number of nitrogens with zero attached hydrogens (tertiary/aromatic N) is 4. The Hall–Kier alpha value is -2.49. The van der Waals surface area contributed by atoms with Gasteiger partial charge in [0.05, 0.1) is 12.0 Å². The molecular formula is C20H24N4. The van der Waals surface area contributed by atoms with Gasteiger partial charge in [-0.05, 0) is 51.7 Å². The van der Waals surface area contributed by atoms with Crippen molar-refractivity contribution in [3.05, 3.63) is 64.9 Å². The van der Waals surface area contributed by atoms with E-state index in [4.69, 9.17) is 0 Å². The molecule has 0 atom stereocenters. The Kier molecular flexibility index (Phi) is 4.74. The van der Waals surface area contributed by atoms with E-state index in [1.807, 2.05) is 11.5 Å². The van der Waals surface area contributed by atoms with Gasteiger partial charge >= 0.3 is 0 Å². The van der Waals surface area contributed by atoms with Crippen molar-refractivity contribution in [2.75, 3.05) is 0 Å². The van der Waals surface area contributed by atoms with Gasteiger partial charge in [0.2, 0.25) is 0 Å². The van der Waals surface area contributed by atoms with E-state index in [1.54, 1.807) is 23.8 Å². The summed E-state index contributed by atoms with van der Waals surface area (Å²) in [4.78, 5) is 12.3. The molecule has 4 nitrogen and oxygen atoms in total. The van der Waals surface area contributed by atoms with Gasteiger partial charge in [0.15, 0.2) is 5.65 Å². The minimum absolute atomic E-state index is 0.782. The molecule has 0 aliphatic heterocycles. The van der Waals surface area contributed by atoms with Crippen molar-refractivity contribution in [2.24, 2.45) is 0 Å². The van der Waals surface area contributed by atoms with Crippen molar-refractivity contribution < 1.29 is 0 Å². The Bertz CT molecular complexity index is 857. The number of fused-ring (bicyclic) bond motifs is 2. The van der Waals surface area contributed by atoms with E-state index in [2.05, 4.69) is 60.0 Å². The van der Waals surface area contributed by atoms with Gasteiger partial charge in [0.25, 0.3) is 0 Å². The van der Waals surface area contributed by atoms with Crippen LogP contribution in [0.1, 0.15) is 37.6 Å². The molecule has 0 bridgehead atoms. The molecule has 24 heavy (non-hydrogen) atoms. The predicted molar refractivity (Wildman–Crippen MR) is 98.0 cm³/mol. The molecule has 0 unspecified atom stereocenters. The number of aromatic nitrogens is 4. The third kappa shape index (κ3) is 3.23. The van der Waals surface area contributed by atoms with Crippen molar-refractivity contribution in [3.8, 4) is 0 Å². The standard InChI is InChI=1S/C12H14.C8H10N4/c1-9-7-11-5-3-4-6-12(11)8-10(9)2;1-3-12-5-11-8-7(12)6(2)9-4-10-8/h3-6H,7-8H2,1-2H3;4-5H,3H2,1-2H3. The Labute approximate surface area is 143 Å². The second kappa shape index (κ2) is 6.95. The average Bonchev–Trinajstić information content (AvgIpc) is 3.01. The summed E-state index contributed by atoms with van der Waals surface area (Å²) in [7, 11) is 0. The smallest absolute Gasteiger partial charge is 0.180 e. The number of hydrogen-bond donors (Lipinski definition) is 0. The second-order valence-electron chi connectivity index (χ2n) is 6.34. The summed E-state index contributed by atoms with van der Waals surface area (Å²) in [6.07, 6.45) is 5.65. The van der Waals surface area contributed by atoms with Crippen molar-refractivity contribution in [2.45, 2.75) is 47.1 Å². The molecule has 2 heterocycles. The van der Waals surface area contributed by atoms with Crippen molar-refractivity contribution in [1.82, 2.24) is 19.5 Å². The first-order chi connectivity index (χ1) is 11.6. The molecule has 1 aliphatic rings. The average molecular weight is 320 g/mol. The van der Waals surface area contributed by atoms with E-state index in [0.717, 1.165) is 36.2 Å². The summed E-state index contributed by atoms with van der Waals surface area (Å²) in [6.45, 7) is 9.44. The van der Waals surface area contributed by atoms with Gasteiger partial charge in [-0.15, -0.1) is 0 Å². The number of hydrogen-bond acceptors (Lipinski definition) is 3. The van der Waals surface area contributed by atoms with Crippen LogP contribution < -0.4 is 0 Å². The fourth-order valence-corrected chi connectivity index (χ4v) is 3.08. The molecule has 1 aliphatic carbocycles. The van der Waals surface area contributed by atoms with Crippen LogP contribution in [0.15, 0.2) is 48.1 Å². The van der Waals surface area contributed by atoms with Crippen molar-refractivity contribution in [1.29, 1.82) is 0 Å². The lowest BCUT2D eigenvalue weighted by atomic mass is 9.88. The van der Waals surface area contributed by atoms with Crippen LogP contribution in [-0.4, -0.2) is 19.5 Å². The van der Waals surface area contributed by atoms with Gasteiger partial charge in [0.1, 0.15) is 11.8 Å². The molecule has 1 aromatic carbocycles.